The maximum Gasteiger partial charge on any atom is 0.356 e. The molecule has 0 saturated heterocycles. The van der Waals surface area contributed by atoms with Crippen LogP contribution >= 0.6 is 7.60 Å². The van der Waals surface area contributed by atoms with Crippen molar-refractivity contribution in [2.45, 2.75) is 122 Å². The molecule has 5 heteroatoms. The molecule has 0 aromatic heterocycles. The van der Waals surface area contributed by atoms with Crippen LogP contribution in [0.5, 0.6) is 0 Å². The number of rotatable bonds is 17. The zero-order valence-electron chi connectivity index (χ0n) is 16.0. The maximum atomic E-state index is 11.1. The van der Waals surface area contributed by atoms with Crippen LogP contribution < -0.4 is 0 Å². The summed E-state index contributed by atoms with van der Waals surface area (Å²) in [7, 11) is -4.40. The molecule has 0 saturated carbocycles. The highest BCUT2D eigenvalue weighted by atomic mass is 31.2. The second-order valence-corrected chi connectivity index (χ2v) is 9.51. The van der Waals surface area contributed by atoms with Crippen LogP contribution in [0.25, 0.3) is 0 Å². The second-order valence-electron chi connectivity index (χ2n) is 7.46. The normalized spacial score (nSPS) is 14.7. The Morgan fingerprint density at radius 2 is 0.958 bits per heavy atom. The van der Waals surface area contributed by atoms with Gasteiger partial charge < -0.3 is 14.9 Å². The zero-order chi connectivity index (χ0) is 18.3. The molecule has 0 aromatic rings. The summed E-state index contributed by atoms with van der Waals surface area (Å²) in [6, 6.07) is 0. The van der Waals surface area contributed by atoms with Crippen LogP contribution in [0.2, 0.25) is 0 Å². The minimum absolute atomic E-state index is 0.176. The van der Waals surface area contributed by atoms with E-state index in [0.29, 0.717) is 6.42 Å². The molecule has 4 nitrogen and oxygen atoms in total. The molecule has 3 N–H and O–H groups in total. The van der Waals surface area contributed by atoms with E-state index in [9.17, 15) is 9.67 Å². The standard InChI is InChI=1S/C19H41O4P/c1-3-4-5-6-7-8-9-10-11-12-13-14-15-16-17-18-19(2,20)24(21,22)23/h20H,3-18H2,1-2H3,(H2,21,22,23). The molecule has 0 spiro atoms. The summed E-state index contributed by atoms with van der Waals surface area (Å²) in [5.41, 5.74) is 0. The first-order chi connectivity index (χ1) is 11.3. The molecule has 0 aromatic carbocycles. The summed E-state index contributed by atoms with van der Waals surface area (Å²) in [6.07, 6.45) is 19.0. The molecule has 146 valence electrons. The number of unbranched alkanes of at least 4 members (excludes halogenated alkanes) is 14. The van der Waals surface area contributed by atoms with E-state index >= 15 is 0 Å². The van der Waals surface area contributed by atoms with Crippen LogP contribution in [0.3, 0.4) is 0 Å². The van der Waals surface area contributed by atoms with Crippen LogP contribution in [0.15, 0.2) is 0 Å². The van der Waals surface area contributed by atoms with Gasteiger partial charge >= 0.3 is 7.60 Å². The Kier molecular flexibility index (Phi) is 14.4. The van der Waals surface area contributed by atoms with E-state index in [1.807, 2.05) is 0 Å². The lowest BCUT2D eigenvalue weighted by atomic mass is 10.0. The van der Waals surface area contributed by atoms with E-state index in [-0.39, 0.29) is 6.42 Å². The Bertz CT molecular complexity index is 325. The minimum Gasteiger partial charge on any atom is -0.378 e. The van der Waals surface area contributed by atoms with E-state index in [4.69, 9.17) is 9.79 Å². The van der Waals surface area contributed by atoms with E-state index < -0.39 is 12.9 Å². The summed E-state index contributed by atoms with van der Waals surface area (Å²) >= 11 is 0. The summed E-state index contributed by atoms with van der Waals surface area (Å²) in [4.78, 5) is 18.0. The molecule has 0 bridgehead atoms. The fraction of sp³-hybridized carbons (Fsp3) is 1.00. The first-order valence-electron chi connectivity index (χ1n) is 10.1. The smallest absolute Gasteiger partial charge is 0.356 e. The van der Waals surface area contributed by atoms with Crippen molar-refractivity contribution in [3.05, 3.63) is 0 Å². The topological polar surface area (TPSA) is 77.8 Å². The largest absolute Gasteiger partial charge is 0.378 e. The molecule has 0 amide bonds. The minimum atomic E-state index is -4.40. The molecule has 1 unspecified atom stereocenters. The molecule has 1 atom stereocenters. The Hall–Kier alpha value is 0.110. The number of aliphatic hydroxyl groups is 1. The third-order valence-corrected chi connectivity index (χ3v) is 6.36. The van der Waals surface area contributed by atoms with Gasteiger partial charge in [-0.25, -0.2) is 0 Å². The summed E-state index contributed by atoms with van der Waals surface area (Å²) in [6.45, 7) is 3.49. The summed E-state index contributed by atoms with van der Waals surface area (Å²) < 4.78 is 11.1. The lowest BCUT2D eigenvalue weighted by molar-refractivity contribution is 0.0971. The molecular formula is C19H41O4P. The molecule has 0 rings (SSSR count). The molecule has 0 aliphatic carbocycles. The lowest BCUT2D eigenvalue weighted by Gasteiger charge is -2.24. The van der Waals surface area contributed by atoms with Gasteiger partial charge in [-0.1, -0.05) is 96.8 Å². The van der Waals surface area contributed by atoms with Gasteiger partial charge in [-0.3, -0.25) is 4.57 Å². The van der Waals surface area contributed by atoms with Crippen molar-refractivity contribution in [1.29, 1.82) is 0 Å². The molecule has 24 heavy (non-hydrogen) atoms. The third-order valence-electron chi connectivity index (χ3n) is 4.88. The fourth-order valence-corrected chi connectivity index (χ4v) is 3.43. The van der Waals surface area contributed by atoms with Gasteiger partial charge in [-0.15, -0.1) is 0 Å². The van der Waals surface area contributed by atoms with E-state index in [1.165, 1.54) is 84.0 Å². The van der Waals surface area contributed by atoms with Crippen molar-refractivity contribution in [3.8, 4) is 0 Å². The van der Waals surface area contributed by atoms with Crippen LogP contribution in [0, 0.1) is 0 Å². The van der Waals surface area contributed by atoms with Gasteiger partial charge in [-0.2, -0.15) is 0 Å². The van der Waals surface area contributed by atoms with E-state index in [0.717, 1.165) is 12.8 Å². The van der Waals surface area contributed by atoms with Crippen molar-refractivity contribution in [3.63, 3.8) is 0 Å². The molecule has 0 aliphatic rings. The quantitative estimate of drug-likeness (QED) is 0.214. The van der Waals surface area contributed by atoms with Crippen molar-refractivity contribution in [2.75, 3.05) is 0 Å². The predicted octanol–water partition coefficient (Wildman–Crippen LogP) is 6.13. The van der Waals surface area contributed by atoms with E-state index in [2.05, 4.69) is 6.92 Å². The Labute approximate surface area is 149 Å². The van der Waals surface area contributed by atoms with Crippen molar-refractivity contribution in [2.24, 2.45) is 0 Å². The van der Waals surface area contributed by atoms with Crippen LogP contribution in [-0.2, 0) is 4.57 Å². The summed E-state index contributed by atoms with van der Waals surface area (Å²) in [5.74, 6) is 0. The zero-order valence-corrected chi connectivity index (χ0v) is 16.9. The highest BCUT2D eigenvalue weighted by Gasteiger charge is 2.39. The Morgan fingerprint density at radius 3 is 1.25 bits per heavy atom. The van der Waals surface area contributed by atoms with E-state index in [1.54, 1.807) is 0 Å². The SMILES string of the molecule is CCCCCCCCCCCCCCCCCC(C)(O)P(=O)(O)O. The van der Waals surface area contributed by atoms with Gasteiger partial charge in [0.05, 0.1) is 0 Å². The van der Waals surface area contributed by atoms with Gasteiger partial charge in [-0.05, 0) is 19.8 Å². The van der Waals surface area contributed by atoms with Crippen molar-refractivity contribution in [1.82, 2.24) is 0 Å². The molecular weight excluding hydrogens is 323 g/mol. The van der Waals surface area contributed by atoms with Crippen molar-refractivity contribution >= 4 is 7.60 Å². The van der Waals surface area contributed by atoms with Gasteiger partial charge in [0.1, 0.15) is 0 Å². The number of hydrogen-bond acceptors (Lipinski definition) is 2. The van der Waals surface area contributed by atoms with Gasteiger partial charge in [0.15, 0.2) is 5.34 Å². The molecule has 0 radical (unpaired) electrons. The monoisotopic (exact) mass is 364 g/mol. The molecule has 0 heterocycles. The first-order valence-corrected chi connectivity index (χ1v) is 11.7. The van der Waals surface area contributed by atoms with Crippen LogP contribution in [0.1, 0.15) is 117 Å². The van der Waals surface area contributed by atoms with Crippen LogP contribution in [-0.4, -0.2) is 20.2 Å². The maximum absolute atomic E-state index is 11.1. The summed E-state index contributed by atoms with van der Waals surface area (Å²) in [5, 5.41) is 7.83. The second kappa shape index (κ2) is 14.3. The molecule has 0 aliphatic heterocycles. The highest BCUT2D eigenvalue weighted by Crippen LogP contribution is 2.51. The number of hydrogen-bond donors (Lipinski definition) is 3. The van der Waals surface area contributed by atoms with Gasteiger partial charge in [0, 0.05) is 0 Å². The third kappa shape index (κ3) is 13.4. The highest BCUT2D eigenvalue weighted by molar-refractivity contribution is 7.53. The lowest BCUT2D eigenvalue weighted by Crippen LogP contribution is -2.23. The average molecular weight is 365 g/mol. The first kappa shape index (κ1) is 24.1. The average Bonchev–Trinajstić information content (AvgIpc) is 2.50. The Balaban J connectivity index is 3.25. The Morgan fingerprint density at radius 1 is 0.667 bits per heavy atom. The predicted molar refractivity (Wildman–Crippen MR) is 102 cm³/mol. The van der Waals surface area contributed by atoms with Crippen molar-refractivity contribution < 1.29 is 19.5 Å². The van der Waals surface area contributed by atoms with Gasteiger partial charge in [0.25, 0.3) is 0 Å². The van der Waals surface area contributed by atoms with Crippen LogP contribution in [0.4, 0.5) is 0 Å². The molecule has 0 fully saturated rings. The van der Waals surface area contributed by atoms with Gasteiger partial charge in [0.2, 0.25) is 0 Å². The fourth-order valence-electron chi connectivity index (χ4n) is 2.98.